The molecule has 9 heteroatoms. The lowest BCUT2D eigenvalue weighted by Crippen LogP contribution is -2.15. The van der Waals surface area contributed by atoms with Crippen molar-refractivity contribution in [3.05, 3.63) is 95.2 Å². The number of nitro groups is 1. The van der Waals surface area contributed by atoms with Gasteiger partial charge in [0.1, 0.15) is 11.4 Å². The van der Waals surface area contributed by atoms with E-state index in [1.165, 1.54) is 31.0 Å². The number of carbonyl (C=O) groups excluding carboxylic acids is 1. The van der Waals surface area contributed by atoms with Gasteiger partial charge in [0.15, 0.2) is 5.16 Å². The van der Waals surface area contributed by atoms with E-state index in [0.717, 1.165) is 16.9 Å². The number of nitro benzene ring substituents is 1. The van der Waals surface area contributed by atoms with E-state index in [9.17, 15) is 14.9 Å². The van der Waals surface area contributed by atoms with Crippen LogP contribution in [0.15, 0.2) is 90.2 Å². The fraction of sp³-hybridized carbons (Fsp3) is 0.0833. The number of nitrogens with one attached hydrogen (secondary N) is 1. The molecule has 4 rings (SSSR count). The lowest BCUT2D eigenvalue weighted by molar-refractivity contribution is -0.384. The van der Waals surface area contributed by atoms with Crippen molar-refractivity contribution in [2.75, 3.05) is 18.2 Å². The fourth-order valence-corrected chi connectivity index (χ4v) is 4.08. The highest BCUT2D eigenvalue weighted by Gasteiger charge is 2.19. The van der Waals surface area contributed by atoms with Gasteiger partial charge in [-0.1, -0.05) is 60.3 Å². The number of benzene rings is 3. The zero-order valence-corrected chi connectivity index (χ0v) is 18.5. The highest BCUT2D eigenvalue weighted by atomic mass is 32.2. The summed E-state index contributed by atoms with van der Waals surface area (Å²) in [5.74, 6) is -0.00843. The number of anilines is 1. The maximum absolute atomic E-state index is 12.6. The van der Waals surface area contributed by atoms with Crippen LogP contribution in [-0.2, 0) is 4.79 Å². The number of aromatic nitrogens is 2. The van der Waals surface area contributed by atoms with Gasteiger partial charge < -0.3 is 10.1 Å². The van der Waals surface area contributed by atoms with Gasteiger partial charge in [-0.15, -0.1) is 0 Å². The number of hydrogen-bond donors (Lipinski definition) is 1. The second kappa shape index (κ2) is 10.0. The molecule has 8 nitrogen and oxygen atoms in total. The van der Waals surface area contributed by atoms with Crippen LogP contribution in [0.25, 0.3) is 16.9 Å². The van der Waals surface area contributed by atoms with Crippen LogP contribution < -0.4 is 10.1 Å². The summed E-state index contributed by atoms with van der Waals surface area (Å²) >= 11 is 1.25. The molecule has 1 amide bonds. The third-order valence-corrected chi connectivity index (χ3v) is 5.77. The summed E-state index contributed by atoms with van der Waals surface area (Å²) in [5, 5.41) is 14.6. The lowest BCUT2D eigenvalue weighted by Gasteiger charge is -2.12. The number of rotatable bonds is 8. The van der Waals surface area contributed by atoms with Gasteiger partial charge in [0.2, 0.25) is 5.91 Å². The molecule has 0 aliphatic heterocycles. The third kappa shape index (κ3) is 5.04. The van der Waals surface area contributed by atoms with Crippen LogP contribution in [0.1, 0.15) is 0 Å². The van der Waals surface area contributed by atoms with Crippen LogP contribution in [0.4, 0.5) is 11.4 Å². The topological polar surface area (TPSA) is 99.3 Å². The van der Waals surface area contributed by atoms with Crippen molar-refractivity contribution < 1.29 is 14.5 Å². The Morgan fingerprint density at radius 1 is 1.09 bits per heavy atom. The Bertz CT molecular complexity index is 1280. The van der Waals surface area contributed by atoms with E-state index in [2.05, 4.69) is 10.3 Å². The molecule has 1 N–H and O–H groups in total. The number of ether oxygens (including phenoxy) is 1. The second-order valence-electron chi connectivity index (χ2n) is 6.94. The average Bonchev–Trinajstić information content (AvgIpc) is 3.28. The van der Waals surface area contributed by atoms with Gasteiger partial charge >= 0.3 is 0 Å². The smallest absolute Gasteiger partial charge is 0.296 e. The number of methoxy groups -OCH3 is 1. The zero-order valence-electron chi connectivity index (χ0n) is 17.7. The van der Waals surface area contributed by atoms with Crippen molar-refractivity contribution in [3.8, 4) is 22.7 Å². The Balaban J connectivity index is 1.56. The monoisotopic (exact) mass is 460 g/mol. The Morgan fingerprint density at radius 2 is 1.79 bits per heavy atom. The molecule has 166 valence electrons. The molecule has 0 atom stereocenters. The number of nitrogens with zero attached hydrogens (tertiary/aromatic N) is 3. The molecule has 1 aromatic heterocycles. The van der Waals surface area contributed by atoms with Crippen LogP contribution in [0.5, 0.6) is 5.75 Å². The third-order valence-electron chi connectivity index (χ3n) is 4.82. The van der Waals surface area contributed by atoms with Gasteiger partial charge in [-0.05, 0) is 24.3 Å². The minimum absolute atomic E-state index is 0.0290. The van der Waals surface area contributed by atoms with Gasteiger partial charge in [-0.2, -0.15) is 0 Å². The van der Waals surface area contributed by atoms with E-state index in [-0.39, 0.29) is 23.0 Å². The first-order valence-corrected chi connectivity index (χ1v) is 11.0. The Morgan fingerprint density at radius 3 is 2.45 bits per heavy atom. The Hall–Kier alpha value is -4.11. The van der Waals surface area contributed by atoms with Gasteiger partial charge in [0.25, 0.3) is 5.69 Å². The summed E-state index contributed by atoms with van der Waals surface area (Å²) in [5.41, 5.74) is 2.70. The molecule has 0 unspecified atom stereocenters. The van der Waals surface area contributed by atoms with E-state index < -0.39 is 4.92 Å². The molecule has 0 saturated carbocycles. The number of imidazole rings is 1. The SMILES string of the molecule is COc1ccc(NC(=O)CSc2ncc(-c3ccccc3)n2-c2ccccc2)c([N+](=O)[O-])c1. The van der Waals surface area contributed by atoms with Crippen molar-refractivity contribution in [3.63, 3.8) is 0 Å². The highest BCUT2D eigenvalue weighted by Crippen LogP contribution is 2.31. The molecule has 0 bridgehead atoms. The molecule has 0 aliphatic rings. The number of thioether (sulfide) groups is 1. The molecule has 33 heavy (non-hydrogen) atoms. The molecule has 3 aromatic carbocycles. The molecule has 4 aromatic rings. The fourth-order valence-electron chi connectivity index (χ4n) is 3.29. The second-order valence-corrected chi connectivity index (χ2v) is 7.88. The number of carbonyl (C=O) groups is 1. The predicted molar refractivity (Wildman–Crippen MR) is 128 cm³/mol. The van der Waals surface area contributed by atoms with Crippen molar-refractivity contribution in [1.82, 2.24) is 9.55 Å². The summed E-state index contributed by atoms with van der Waals surface area (Å²) in [6, 6.07) is 23.9. The van der Waals surface area contributed by atoms with Crippen molar-refractivity contribution in [1.29, 1.82) is 0 Å². The van der Waals surface area contributed by atoms with Crippen LogP contribution in [0, 0.1) is 10.1 Å². The maximum atomic E-state index is 12.6. The molecule has 1 heterocycles. The van der Waals surface area contributed by atoms with Crippen molar-refractivity contribution >= 4 is 29.0 Å². The van der Waals surface area contributed by atoms with E-state index in [0.29, 0.717) is 10.9 Å². The minimum atomic E-state index is -0.556. The summed E-state index contributed by atoms with van der Waals surface area (Å²) in [6.07, 6.45) is 1.77. The van der Waals surface area contributed by atoms with Gasteiger partial charge in [0.05, 0.1) is 35.7 Å². The number of hydrogen-bond acceptors (Lipinski definition) is 6. The Labute approximate surface area is 194 Å². The molecule has 0 spiro atoms. The van der Waals surface area contributed by atoms with E-state index in [1.54, 1.807) is 12.3 Å². The predicted octanol–water partition coefficient (Wildman–Crippen LogP) is 5.19. The lowest BCUT2D eigenvalue weighted by atomic mass is 10.1. The molecule has 0 saturated heterocycles. The molecule has 0 fully saturated rings. The molecule has 0 radical (unpaired) electrons. The van der Waals surface area contributed by atoms with E-state index in [1.807, 2.05) is 65.2 Å². The minimum Gasteiger partial charge on any atom is -0.496 e. The van der Waals surface area contributed by atoms with Crippen LogP contribution >= 0.6 is 11.8 Å². The first-order chi connectivity index (χ1) is 16.1. The summed E-state index contributed by atoms with van der Waals surface area (Å²) in [4.78, 5) is 28.0. The maximum Gasteiger partial charge on any atom is 0.296 e. The van der Waals surface area contributed by atoms with Gasteiger partial charge in [-0.25, -0.2) is 4.98 Å². The normalized spacial score (nSPS) is 10.6. The quantitative estimate of drug-likeness (QED) is 0.221. The number of amides is 1. The average molecular weight is 461 g/mol. The first-order valence-electron chi connectivity index (χ1n) is 10.0. The zero-order chi connectivity index (χ0) is 23.2. The van der Waals surface area contributed by atoms with Crippen molar-refractivity contribution in [2.24, 2.45) is 0 Å². The Kier molecular flexibility index (Phi) is 6.70. The van der Waals surface area contributed by atoms with Crippen LogP contribution in [0.3, 0.4) is 0 Å². The van der Waals surface area contributed by atoms with E-state index in [4.69, 9.17) is 4.74 Å². The van der Waals surface area contributed by atoms with Crippen LogP contribution in [0.2, 0.25) is 0 Å². The summed E-state index contributed by atoms with van der Waals surface area (Å²) < 4.78 is 7.02. The van der Waals surface area contributed by atoms with Crippen LogP contribution in [-0.4, -0.2) is 33.2 Å². The largest absolute Gasteiger partial charge is 0.496 e. The standard InChI is InChI=1S/C24H20N4O4S/c1-32-19-12-13-20(21(14-19)28(30)31)26-23(29)16-33-24-25-15-22(17-8-4-2-5-9-17)27(24)18-10-6-3-7-11-18/h2-15H,16H2,1H3,(H,26,29). The molecule has 0 aliphatic carbocycles. The number of para-hydroxylation sites is 1. The highest BCUT2D eigenvalue weighted by molar-refractivity contribution is 7.99. The van der Waals surface area contributed by atoms with Gasteiger partial charge in [0, 0.05) is 11.3 Å². The molecular weight excluding hydrogens is 440 g/mol. The molecular formula is C24H20N4O4S. The first kappa shape index (κ1) is 22.1. The van der Waals surface area contributed by atoms with E-state index >= 15 is 0 Å². The summed E-state index contributed by atoms with van der Waals surface area (Å²) in [7, 11) is 1.42. The van der Waals surface area contributed by atoms with Crippen molar-refractivity contribution in [2.45, 2.75) is 5.16 Å². The van der Waals surface area contributed by atoms with Gasteiger partial charge in [-0.3, -0.25) is 19.5 Å². The summed E-state index contributed by atoms with van der Waals surface area (Å²) in [6.45, 7) is 0.